The lowest BCUT2D eigenvalue weighted by Crippen LogP contribution is -2.13. The third kappa shape index (κ3) is 4.26. The highest BCUT2D eigenvalue weighted by Crippen LogP contribution is 2.28. The molecule has 9 heteroatoms. The van der Waals surface area contributed by atoms with E-state index in [9.17, 15) is 14.9 Å². The minimum absolute atomic E-state index is 0.0955. The fourth-order valence-electron chi connectivity index (χ4n) is 2.35. The number of hydrogen-bond acceptors (Lipinski definition) is 6. The average Bonchev–Trinajstić information content (AvgIpc) is 3.07. The molecule has 0 saturated carbocycles. The monoisotopic (exact) mass is 384 g/mol. The lowest BCUT2D eigenvalue weighted by molar-refractivity contribution is -0.384. The van der Waals surface area contributed by atoms with E-state index in [0.717, 1.165) is 10.1 Å². The molecule has 3 aromatic rings. The lowest BCUT2D eigenvalue weighted by atomic mass is 10.1. The van der Waals surface area contributed by atoms with Crippen LogP contribution in [-0.2, 0) is 7.05 Å². The maximum atomic E-state index is 12.5. The van der Waals surface area contributed by atoms with E-state index in [-0.39, 0.29) is 17.0 Å². The van der Waals surface area contributed by atoms with Gasteiger partial charge in [-0.3, -0.25) is 14.9 Å². The fourth-order valence-corrected chi connectivity index (χ4v) is 3.15. The zero-order valence-corrected chi connectivity index (χ0v) is 15.4. The number of nitrogens with one attached hydrogen (secondary N) is 1. The van der Waals surface area contributed by atoms with E-state index in [1.165, 1.54) is 37.1 Å². The molecule has 0 atom stereocenters. The van der Waals surface area contributed by atoms with Crippen LogP contribution in [0.2, 0.25) is 0 Å². The van der Waals surface area contributed by atoms with E-state index in [2.05, 4.69) is 10.3 Å². The molecule has 0 radical (unpaired) electrons. The number of nitro benzene ring substituents is 1. The number of benzene rings is 2. The van der Waals surface area contributed by atoms with Crippen LogP contribution in [-0.4, -0.2) is 27.5 Å². The molecule has 0 unspecified atom stereocenters. The van der Waals surface area contributed by atoms with Crippen molar-refractivity contribution in [3.63, 3.8) is 0 Å². The Labute approximate surface area is 159 Å². The number of carbonyl (C=O) groups excluding carboxylic acids is 1. The summed E-state index contributed by atoms with van der Waals surface area (Å²) in [5.41, 5.74) is 0.485. The van der Waals surface area contributed by atoms with Crippen molar-refractivity contribution < 1.29 is 14.5 Å². The molecule has 1 amide bonds. The molecule has 3 rings (SSSR count). The lowest BCUT2D eigenvalue weighted by Gasteiger charge is -2.10. The van der Waals surface area contributed by atoms with Crippen molar-refractivity contribution in [2.45, 2.75) is 10.1 Å². The summed E-state index contributed by atoms with van der Waals surface area (Å²) in [7, 11) is 3.32. The standard InChI is InChI=1S/C18H16N4O4S/c1-21-10-9-19-18(21)27-14-6-3-12(4-7-14)20-17(23)15-11-13(22(24)25)5-8-16(15)26-2/h3-11H,1-2H3,(H,20,23). The molecule has 1 aromatic heterocycles. The van der Waals surface area contributed by atoms with Gasteiger partial charge < -0.3 is 14.6 Å². The number of nitrogens with zero attached hydrogens (tertiary/aromatic N) is 3. The summed E-state index contributed by atoms with van der Waals surface area (Å²) < 4.78 is 7.04. The van der Waals surface area contributed by atoms with Crippen LogP contribution in [0.25, 0.3) is 0 Å². The molecular weight excluding hydrogens is 368 g/mol. The number of carbonyl (C=O) groups is 1. The topological polar surface area (TPSA) is 99.3 Å². The van der Waals surface area contributed by atoms with E-state index in [1.54, 1.807) is 18.3 Å². The molecule has 0 aliphatic carbocycles. The van der Waals surface area contributed by atoms with E-state index in [4.69, 9.17) is 4.74 Å². The number of ether oxygens (including phenoxy) is 1. The van der Waals surface area contributed by atoms with Crippen LogP contribution < -0.4 is 10.1 Å². The van der Waals surface area contributed by atoms with Crippen LogP contribution in [0.1, 0.15) is 10.4 Å². The summed E-state index contributed by atoms with van der Waals surface area (Å²) in [4.78, 5) is 28.1. The second-order valence-electron chi connectivity index (χ2n) is 5.54. The SMILES string of the molecule is COc1ccc([N+](=O)[O-])cc1C(=O)Nc1ccc(Sc2nccn2C)cc1. The number of non-ortho nitro benzene ring substituents is 1. The van der Waals surface area contributed by atoms with Crippen LogP contribution in [0.3, 0.4) is 0 Å². The Morgan fingerprint density at radius 3 is 2.59 bits per heavy atom. The summed E-state index contributed by atoms with van der Waals surface area (Å²) >= 11 is 1.50. The van der Waals surface area contributed by atoms with Crippen molar-refractivity contribution in [1.29, 1.82) is 0 Å². The van der Waals surface area contributed by atoms with Crippen molar-refractivity contribution in [2.75, 3.05) is 12.4 Å². The predicted octanol–water partition coefficient (Wildman–Crippen LogP) is 3.74. The minimum atomic E-state index is -0.556. The zero-order valence-electron chi connectivity index (χ0n) is 14.6. The van der Waals surface area contributed by atoms with E-state index < -0.39 is 10.8 Å². The van der Waals surface area contributed by atoms with Gasteiger partial charge in [-0.15, -0.1) is 0 Å². The normalized spacial score (nSPS) is 10.4. The molecule has 0 saturated heterocycles. The van der Waals surface area contributed by atoms with Gasteiger partial charge >= 0.3 is 0 Å². The predicted molar refractivity (Wildman–Crippen MR) is 101 cm³/mol. The number of aryl methyl sites for hydroxylation is 1. The van der Waals surface area contributed by atoms with Crippen molar-refractivity contribution in [1.82, 2.24) is 9.55 Å². The first kappa shape index (κ1) is 18.5. The highest BCUT2D eigenvalue weighted by atomic mass is 32.2. The van der Waals surface area contributed by atoms with E-state index >= 15 is 0 Å². The first-order chi connectivity index (χ1) is 13.0. The smallest absolute Gasteiger partial charge is 0.270 e. The Morgan fingerprint density at radius 1 is 1.26 bits per heavy atom. The van der Waals surface area contributed by atoms with Crippen molar-refractivity contribution in [3.8, 4) is 5.75 Å². The molecule has 0 fully saturated rings. The number of rotatable bonds is 6. The third-order valence-corrected chi connectivity index (χ3v) is 4.82. The molecule has 8 nitrogen and oxygen atoms in total. The highest BCUT2D eigenvalue weighted by molar-refractivity contribution is 7.99. The first-order valence-corrected chi connectivity index (χ1v) is 8.68. The Hall–Kier alpha value is -3.33. The van der Waals surface area contributed by atoms with E-state index in [0.29, 0.717) is 5.69 Å². The van der Waals surface area contributed by atoms with Gasteiger partial charge in [0.25, 0.3) is 11.6 Å². The molecule has 0 aliphatic heterocycles. The second-order valence-corrected chi connectivity index (χ2v) is 6.58. The minimum Gasteiger partial charge on any atom is -0.496 e. The quantitative estimate of drug-likeness (QED) is 0.513. The number of aromatic nitrogens is 2. The Kier molecular flexibility index (Phi) is 5.41. The molecule has 0 aliphatic rings. The zero-order chi connectivity index (χ0) is 19.4. The van der Waals surface area contributed by atoms with Crippen LogP contribution in [0.5, 0.6) is 5.75 Å². The fraction of sp³-hybridized carbons (Fsp3) is 0.111. The van der Waals surface area contributed by atoms with Gasteiger partial charge in [-0.2, -0.15) is 0 Å². The summed E-state index contributed by atoms with van der Waals surface area (Å²) in [5.74, 6) is -0.222. The molecule has 27 heavy (non-hydrogen) atoms. The molecular formula is C18H16N4O4S. The van der Waals surface area contributed by atoms with Gasteiger partial charge in [0.15, 0.2) is 5.16 Å². The maximum absolute atomic E-state index is 12.5. The van der Waals surface area contributed by atoms with Gasteiger partial charge in [0.2, 0.25) is 0 Å². The summed E-state index contributed by atoms with van der Waals surface area (Å²) in [6.07, 6.45) is 3.59. The maximum Gasteiger partial charge on any atom is 0.270 e. The Balaban J connectivity index is 1.75. The van der Waals surface area contributed by atoms with E-state index in [1.807, 2.05) is 29.9 Å². The van der Waals surface area contributed by atoms with Gasteiger partial charge in [0.1, 0.15) is 5.75 Å². The van der Waals surface area contributed by atoms with Crippen LogP contribution in [0.15, 0.2) is 64.9 Å². The van der Waals surface area contributed by atoms with Crippen LogP contribution >= 0.6 is 11.8 Å². The first-order valence-electron chi connectivity index (χ1n) is 7.87. The summed E-state index contributed by atoms with van der Waals surface area (Å²) in [6.45, 7) is 0. The van der Waals surface area contributed by atoms with Crippen molar-refractivity contribution in [2.24, 2.45) is 7.05 Å². The number of hydrogen-bond donors (Lipinski definition) is 1. The van der Waals surface area contributed by atoms with Gasteiger partial charge in [-0.1, -0.05) is 11.8 Å². The number of amides is 1. The van der Waals surface area contributed by atoms with Crippen LogP contribution in [0.4, 0.5) is 11.4 Å². The molecule has 0 bridgehead atoms. The summed E-state index contributed by atoms with van der Waals surface area (Å²) in [5, 5.41) is 14.5. The third-order valence-electron chi connectivity index (χ3n) is 3.74. The van der Waals surface area contributed by atoms with Crippen molar-refractivity contribution >= 4 is 29.0 Å². The molecule has 1 heterocycles. The van der Waals surface area contributed by atoms with Gasteiger partial charge in [-0.25, -0.2) is 4.98 Å². The summed E-state index contributed by atoms with van der Waals surface area (Å²) in [6, 6.07) is 11.1. The molecule has 1 N–H and O–H groups in total. The molecule has 138 valence electrons. The van der Waals surface area contributed by atoms with Crippen LogP contribution in [0, 0.1) is 10.1 Å². The molecule has 0 spiro atoms. The number of imidazole rings is 1. The average molecular weight is 384 g/mol. The number of anilines is 1. The Bertz CT molecular complexity index is 985. The second kappa shape index (κ2) is 7.92. The largest absolute Gasteiger partial charge is 0.496 e. The highest BCUT2D eigenvalue weighted by Gasteiger charge is 2.17. The van der Waals surface area contributed by atoms with Gasteiger partial charge in [0.05, 0.1) is 17.6 Å². The number of nitro groups is 1. The Morgan fingerprint density at radius 2 is 2.00 bits per heavy atom. The number of methoxy groups -OCH3 is 1. The van der Waals surface area contributed by atoms with Gasteiger partial charge in [0, 0.05) is 42.2 Å². The van der Waals surface area contributed by atoms with Crippen molar-refractivity contribution in [3.05, 3.63) is 70.5 Å². The molecule has 2 aromatic carbocycles. The van der Waals surface area contributed by atoms with Gasteiger partial charge in [-0.05, 0) is 30.3 Å².